The number of Topliss-reactive ketones (excluding diaryl/α,β-unsaturated/α-hetero) is 1. The lowest BCUT2D eigenvalue weighted by molar-refractivity contribution is 0.0991. The summed E-state index contributed by atoms with van der Waals surface area (Å²) >= 11 is 0. The molecule has 4 aromatic rings. The lowest BCUT2D eigenvalue weighted by Gasteiger charge is -2.09. The molecular weight excluding hydrogens is 498 g/mol. The van der Waals surface area contributed by atoms with E-state index in [1.54, 1.807) is 0 Å². The molecule has 0 radical (unpaired) electrons. The summed E-state index contributed by atoms with van der Waals surface area (Å²) < 4.78 is 0. The van der Waals surface area contributed by atoms with Gasteiger partial charge in [-0.2, -0.15) is 0 Å². The minimum Gasteiger partial charge on any atom is -0.368 e. The fourth-order valence-corrected chi connectivity index (χ4v) is 4.91. The highest BCUT2D eigenvalue weighted by atomic mass is 16.1. The number of carbonyl (C=O) groups is 2. The zero-order valence-electron chi connectivity index (χ0n) is 22.0. The molecule has 0 bridgehead atoms. The van der Waals surface area contributed by atoms with Crippen LogP contribution in [0, 0.1) is 0 Å². The van der Waals surface area contributed by atoms with E-state index in [0.29, 0.717) is 17.5 Å². The summed E-state index contributed by atoms with van der Waals surface area (Å²) in [7, 11) is 0. The van der Waals surface area contributed by atoms with E-state index < -0.39 is 0 Å². The summed E-state index contributed by atoms with van der Waals surface area (Å²) in [6.07, 6.45) is 0.331. The molecule has 0 atom stereocenters. The molecule has 7 heteroatoms. The number of amidine groups is 2. The standard InChI is InChI=1S/C33H29N5O2/c39-30(20-22-3-1-4-27(19-22)31-34-15-16-35-31)25-11-7-23(8-12-25)24-9-13-26(14-10-24)33(40)38-29-6-2-5-28(21-29)32-36-17-18-37-32/h1-14,19,21H,15-18,20H2,(H,34,35)(H,36,37)(H,38,40). The van der Waals surface area contributed by atoms with Gasteiger partial charge in [-0.05, 0) is 47.0 Å². The molecule has 2 aliphatic rings. The Balaban J connectivity index is 1.09. The molecule has 0 saturated heterocycles. The largest absolute Gasteiger partial charge is 0.368 e. The van der Waals surface area contributed by atoms with Crippen molar-refractivity contribution in [3.63, 3.8) is 0 Å². The average molecular weight is 528 g/mol. The fourth-order valence-electron chi connectivity index (χ4n) is 4.91. The van der Waals surface area contributed by atoms with Gasteiger partial charge in [-0.1, -0.05) is 66.7 Å². The van der Waals surface area contributed by atoms with E-state index in [1.807, 2.05) is 97.1 Å². The van der Waals surface area contributed by atoms with Crippen LogP contribution in [0.3, 0.4) is 0 Å². The van der Waals surface area contributed by atoms with Crippen LogP contribution in [0.5, 0.6) is 0 Å². The van der Waals surface area contributed by atoms with Gasteiger partial charge in [0.1, 0.15) is 11.7 Å². The van der Waals surface area contributed by atoms with E-state index in [-0.39, 0.29) is 11.7 Å². The summed E-state index contributed by atoms with van der Waals surface area (Å²) in [6.45, 7) is 3.23. The van der Waals surface area contributed by atoms with E-state index in [4.69, 9.17) is 0 Å². The first kappa shape index (κ1) is 25.2. The normalized spacial score (nSPS) is 14.1. The lowest BCUT2D eigenvalue weighted by atomic mass is 9.98. The molecule has 0 saturated carbocycles. The van der Waals surface area contributed by atoms with Gasteiger partial charge in [0, 0.05) is 47.5 Å². The lowest BCUT2D eigenvalue weighted by Crippen LogP contribution is -2.19. The Morgan fingerprint density at radius 3 is 1.82 bits per heavy atom. The van der Waals surface area contributed by atoms with Gasteiger partial charge in [0.2, 0.25) is 0 Å². The van der Waals surface area contributed by atoms with Gasteiger partial charge >= 0.3 is 0 Å². The number of carbonyl (C=O) groups excluding carboxylic acids is 2. The highest BCUT2D eigenvalue weighted by Gasteiger charge is 2.13. The number of ketones is 1. The van der Waals surface area contributed by atoms with Crippen LogP contribution in [0.25, 0.3) is 11.1 Å². The van der Waals surface area contributed by atoms with Crippen molar-refractivity contribution >= 4 is 29.0 Å². The first-order valence-electron chi connectivity index (χ1n) is 13.4. The number of hydrogen-bond acceptors (Lipinski definition) is 6. The molecule has 40 heavy (non-hydrogen) atoms. The zero-order valence-corrected chi connectivity index (χ0v) is 22.0. The van der Waals surface area contributed by atoms with Gasteiger partial charge in [0.25, 0.3) is 5.91 Å². The van der Waals surface area contributed by atoms with Crippen molar-refractivity contribution in [3.05, 3.63) is 125 Å². The molecule has 0 fully saturated rings. The van der Waals surface area contributed by atoms with Crippen molar-refractivity contribution < 1.29 is 9.59 Å². The van der Waals surface area contributed by atoms with E-state index in [0.717, 1.165) is 71.4 Å². The molecule has 0 unspecified atom stereocenters. The highest BCUT2D eigenvalue weighted by Crippen LogP contribution is 2.22. The Labute approximate surface area is 233 Å². The van der Waals surface area contributed by atoms with Crippen LogP contribution in [0.1, 0.15) is 37.4 Å². The first-order chi connectivity index (χ1) is 19.6. The van der Waals surface area contributed by atoms with E-state index >= 15 is 0 Å². The summed E-state index contributed by atoms with van der Waals surface area (Å²) in [4.78, 5) is 34.7. The number of nitrogens with one attached hydrogen (secondary N) is 3. The summed E-state index contributed by atoms with van der Waals surface area (Å²) in [5.74, 6) is 1.64. The monoisotopic (exact) mass is 527 g/mol. The van der Waals surface area contributed by atoms with Gasteiger partial charge in [-0.3, -0.25) is 19.6 Å². The van der Waals surface area contributed by atoms with Crippen LogP contribution >= 0.6 is 0 Å². The number of nitrogens with zero attached hydrogens (tertiary/aromatic N) is 2. The molecule has 1 amide bonds. The van der Waals surface area contributed by atoms with E-state index in [9.17, 15) is 9.59 Å². The zero-order chi connectivity index (χ0) is 27.3. The Kier molecular flexibility index (Phi) is 7.18. The Hall–Kier alpha value is -5.04. The third-order valence-electron chi connectivity index (χ3n) is 6.99. The predicted octanol–water partition coefficient (Wildman–Crippen LogP) is 4.73. The van der Waals surface area contributed by atoms with E-state index in [2.05, 4.69) is 25.9 Å². The molecule has 0 aliphatic carbocycles. The first-order valence-corrected chi connectivity index (χ1v) is 13.4. The van der Waals surface area contributed by atoms with Gasteiger partial charge < -0.3 is 16.0 Å². The maximum Gasteiger partial charge on any atom is 0.255 e. The van der Waals surface area contributed by atoms with Crippen LogP contribution in [0.2, 0.25) is 0 Å². The second kappa shape index (κ2) is 11.4. The molecule has 198 valence electrons. The second-order valence-corrected chi connectivity index (χ2v) is 9.80. The number of hydrogen-bond donors (Lipinski definition) is 3. The minimum absolute atomic E-state index is 0.0666. The summed E-state index contributed by atoms with van der Waals surface area (Å²) in [5.41, 5.74) is 6.85. The third kappa shape index (κ3) is 5.68. The Bertz CT molecular complexity index is 1500. The molecule has 2 heterocycles. The molecule has 0 spiro atoms. The third-order valence-corrected chi connectivity index (χ3v) is 6.99. The highest BCUT2D eigenvalue weighted by molar-refractivity contribution is 6.06. The molecule has 4 aromatic carbocycles. The fraction of sp³-hybridized carbons (Fsp3) is 0.152. The number of benzene rings is 4. The summed E-state index contributed by atoms with van der Waals surface area (Å²) in [6, 6.07) is 30.7. The van der Waals surface area contributed by atoms with E-state index in [1.165, 1.54) is 0 Å². The van der Waals surface area contributed by atoms with Crippen LogP contribution in [-0.2, 0) is 6.42 Å². The molecule has 7 nitrogen and oxygen atoms in total. The van der Waals surface area contributed by atoms with Crippen LogP contribution in [0.15, 0.2) is 107 Å². The molecule has 2 aliphatic heterocycles. The van der Waals surface area contributed by atoms with Gasteiger partial charge in [0.15, 0.2) is 5.78 Å². The topological polar surface area (TPSA) is 95.0 Å². The van der Waals surface area contributed by atoms with Crippen molar-refractivity contribution in [1.29, 1.82) is 0 Å². The quantitative estimate of drug-likeness (QED) is 0.289. The number of amides is 1. The van der Waals surface area contributed by atoms with Crippen LogP contribution in [0.4, 0.5) is 5.69 Å². The minimum atomic E-state index is -0.175. The maximum absolute atomic E-state index is 13.0. The maximum atomic E-state index is 13.0. The van der Waals surface area contributed by atoms with Crippen LogP contribution in [-0.4, -0.2) is 49.5 Å². The van der Waals surface area contributed by atoms with Gasteiger partial charge in [0.05, 0.1) is 13.1 Å². The average Bonchev–Trinajstić information content (AvgIpc) is 3.73. The smallest absolute Gasteiger partial charge is 0.255 e. The SMILES string of the molecule is O=C(Cc1cccc(C2=NCCN2)c1)c1ccc(-c2ccc(C(=O)Nc3cccc(C4=NCCN4)c3)cc2)cc1. The predicted molar refractivity (Wildman–Crippen MR) is 160 cm³/mol. The number of rotatable bonds is 8. The molecule has 3 N–H and O–H groups in total. The molecular formula is C33H29N5O2. The van der Waals surface area contributed by atoms with Gasteiger partial charge in [-0.25, -0.2) is 0 Å². The Morgan fingerprint density at radius 2 is 1.23 bits per heavy atom. The second-order valence-electron chi connectivity index (χ2n) is 9.80. The van der Waals surface area contributed by atoms with Crippen LogP contribution < -0.4 is 16.0 Å². The van der Waals surface area contributed by atoms with Crippen molar-refractivity contribution in [2.75, 3.05) is 31.5 Å². The van der Waals surface area contributed by atoms with Gasteiger partial charge in [-0.15, -0.1) is 0 Å². The molecule has 0 aromatic heterocycles. The van der Waals surface area contributed by atoms with Crippen molar-refractivity contribution in [2.24, 2.45) is 9.98 Å². The number of aliphatic imine (C=N–C) groups is 2. The van der Waals surface area contributed by atoms with Crippen molar-refractivity contribution in [2.45, 2.75) is 6.42 Å². The number of anilines is 1. The Morgan fingerprint density at radius 1 is 0.650 bits per heavy atom. The summed E-state index contributed by atoms with van der Waals surface area (Å²) in [5, 5.41) is 9.50. The van der Waals surface area contributed by atoms with Crippen molar-refractivity contribution in [1.82, 2.24) is 10.6 Å². The molecule has 6 rings (SSSR count). The van der Waals surface area contributed by atoms with Crippen molar-refractivity contribution in [3.8, 4) is 11.1 Å².